The van der Waals surface area contributed by atoms with Crippen LogP contribution in [0.3, 0.4) is 0 Å². The lowest BCUT2D eigenvalue weighted by molar-refractivity contribution is 0.205. The monoisotopic (exact) mass is 354 g/mol. The Morgan fingerprint density at radius 2 is 2.08 bits per heavy atom. The van der Waals surface area contributed by atoms with Crippen molar-refractivity contribution < 1.29 is 4.79 Å². The van der Waals surface area contributed by atoms with Crippen LogP contribution in [0.2, 0.25) is 0 Å². The third-order valence-corrected chi connectivity index (χ3v) is 4.54. The van der Waals surface area contributed by atoms with Crippen LogP contribution in [0, 0.1) is 13.8 Å². The molecule has 7 nitrogen and oxygen atoms in total. The largest absolute Gasteiger partial charge is 0.340 e. The zero-order valence-electron chi connectivity index (χ0n) is 15.8. The zero-order valence-corrected chi connectivity index (χ0v) is 15.8. The molecule has 0 atom stereocenters. The number of rotatable bonds is 6. The summed E-state index contributed by atoms with van der Waals surface area (Å²) in [5.41, 5.74) is 4.36. The SMILES string of the molecule is CCCn1ccnc1CNC(=O)N(C)Cc1nc2cc(C)c(C)cc2[nH]1. The highest BCUT2D eigenvalue weighted by Gasteiger charge is 2.13. The number of amides is 2. The van der Waals surface area contributed by atoms with E-state index in [-0.39, 0.29) is 6.03 Å². The Hall–Kier alpha value is -2.83. The maximum absolute atomic E-state index is 12.4. The van der Waals surface area contributed by atoms with Crippen molar-refractivity contribution in [2.75, 3.05) is 7.05 Å². The summed E-state index contributed by atoms with van der Waals surface area (Å²) in [6.07, 6.45) is 4.73. The maximum Gasteiger partial charge on any atom is 0.317 e. The van der Waals surface area contributed by atoms with Gasteiger partial charge in [0.25, 0.3) is 0 Å². The van der Waals surface area contributed by atoms with E-state index in [0.717, 1.165) is 35.6 Å². The summed E-state index contributed by atoms with van der Waals surface area (Å²) in [5, 5.41) is 2.92. The van der Waals surface area contributed by atoms with E-state index >= 15 is 0 Å². The quantitative estimate of drug-likeness (QED) is 0.714. The molecule has 0 aliphatic heterocycles. The number of aromatic amines is 1. The van der Waals surface area contributed by atoms with Crippen LogP contribution < -0.4 is 5.32 Å². The van der Waals surface area contributed by atoms with Gasteiger partial charge in [-0.25, -0.2) is 14.8 Å². The molecule has 0 radical (unpaired) electrons. The topological polar surface area (TPSA) is 78.8 Å². The molecule has 1 aromatic carbocycles. The van der Waals surface area contributed by atoms with Crippen molar-refractivity contribution in [1.82, 2.24) is 29.7 Å². The molecule has 0 fully saturated rings. The molecule has 0 bridgehead atoms. The summed E-state index contributed by atoms with van der Waals surface area (Å²) in [5.74, 6) is 1.64. The highest BCUT2D eigenvalue weighted by Crippen LogP contribution is 2.17. The minimum atomic E-state index is -0.149. The number of imidazole rings is 2. The minimum Gasteiger partial charge on any atom is -0.340 e. The maximum atomic E-state index is 12.4. The van der Waals surface area contributed by atoms with E-state index in [1.165, 1.54) is 11.1 Å². The van der Waals surface area contributed by atoms with Gasteiger partial charge in [-0.3, -0.25) is 0 Å². The van der Waals surface area contributed by atoms with Crippen LogP contribution in [0.4, 0.5) is 4.79 Å². The van der Waals surface area contributed by atoms with Crippen molar-refractivity contribution in [3.05, 3.63) is 47.3 Å². The van der Waals surface area contributed by atoms with E-state index in [0.29, 0.717) is 13.1 Å². The Labute approximate surface area is 153 Å². The van der Waals surface area contributed by atoms with E-state index in [1.54, 1.807) is 18.1 Å². The Bertz CT molecular complexity index is 871. The van der Waals surface area contributed by atoms with Gasteiger partial charge in [-0.15, -0.1) is 0 Å². The molecule has 7 heteroatoms. The Morgan fingerprint density at radius 3 is 2.85 bits per heavy atom. The minimum absolute atomic E-state index is 0.149. The fourth-order valence-corrected chi connectivity index (χ4v) is 2.94. The molecular formula is C19H26N6O. The number of nitrogens with one attached hydrogen (secondary N) is 2. The predicted molar refractivity (Wildman–Crippen MR) is 102 cm³/mol. The molecule has 138 valence electrons. The van der Waals surface area contributed by atoms with Gasteiger partial charge in [0.2, 0.25) is 0 Å². The molecule has 0 unspecified atom stereocenters. The van der Waals surface area contributed by atoms with Crippen LogP contribution in [0.1, 0.15) is 36.1 Å². The number of urea groups is 1. The van der Waals surface area contributed by atoms with Crippen molar-refractivity contribution >= 4 is 17.1 Å². The van der Waals surface area contributed by atoms with E-state index in [2.05, 4.69) is 57.7 Å². The number of carbonyl (C=O) groups is 1. The first kappa shape index (κ1) is 18.0. The molecule has 26 heavy (non-hydrogen) atoms. The Kier molecular flexibility index (Phi) is 5.25. The summed E-state index contributed by atoms with van der Waals surface area (Å²) in [7, 11) is 1.76. The summed E-state index contributed by atoms with van der Waals surface area (Å²) in [6.45, 7) is 8.00. The van der Waals surface area contributed by atoms with Gasteiger partial charge in [0.15, 0.2) is 0 Å². The number of aryl methyl sites for hydroxylation is 3. The second kappa shape index (κ2) is 7.59. The number of hydrogen-bond acceptors (Lipinski definition) is 3. The first-order valence-corrected chi connectivity index (χ1v) is 8.92. The lowest BCUT2D eigenvalue weighted by atomic mass is 10.1. The Balaban J connectivity index is 1.61. The van der Waals surface area contributed by atoms with Gasteiger partial charge in [0.1, 0.15) is 11.6 Å². The number of nitrogens with zero attached hydrogens (tertiary/aromatic N) is 4. The average molecular weight is 354 g/mol. The van der Waals surface area contributed by atoms with Crippen molar-refractivity contribution in [2.45, 2.75) is 46.8 Å². The van der Waals surface area contributed by atoms with E-state index in [4.69, 9.17) is 0 Å². The van der Waals surface area contributed by atoms with Gasteiger partial charge >= 0.3 is 6.03 Å². The number of hydrogen-bond donors (Lipinski definition) is 2. The molecule has 2 amide bonds. The molecule has 3 rings (SSSR count). The lowest BCUT2D eigenvalue weighted by Crippen LogP contribution is -2.37. The van der Waals surface area contributed by atoms with Crippen LogP contribution in [0.25, 0.3) is 11.0 Å². The number of H-pyrrole nitrogens is 1. The molecule has 0 aliphatic rings. The molecule has 2 N–H and O–H groups in total. The summed E-state index contributed by atoms with van der Waals surface area (Å²) in [6, 6.07) is 4.01. The summed E-state index contributed by atoms with van der Waals surface area (Å²) in [4.78, 5) is 26.2. The fraction of sp³-hybridized carbons (Fsp3) is 0.421. The first-order valence-electron chi connectivity index (χ1n) is 8.92. The van der Waals surface area contributed by atoms with Crippen molar-refractivity contribution in [3.63, 3.8) is 0 Å². The first-order chi connectivity index (χ1) is 12.5. The van der Waals surface area contributed by atoms with Crippen molar-refractivity contribution in [1.29, 1.82) is 0 Å². The summed E-state index contributed by atoms with van der Waals surface area (Å²) < 4.78 is 2.06. The van der Waals surface area contributed by atoms with E-state index in [9.17, 15) is 4.79 Å². The van der Waals surface area contributed by atoms with Crippen LogP contribution in [-0.2, 0) is 19.6 Å². The van der Waals surface area contributed by atoms with Gasteiger partial charge in [-0.2, -0.15) is 0 Å². The Morgan fingerprint density at radius 1 is 1.31 bits per heavy atom. The highest BCUT2D eigenvalue weighted by atomic mass is 16.2. The molecule has 2 heterocycles. The predicted octanol–water partition coefficient (Wildman–Crippen LogP) is 3.13. The van der Waals surface area contributed by atoms with Gasteiger partial charge in [0.05, 0.1) is 24.1 Å². The summed E-state index contributed by atoms with van der Waals surface area (Å²) >= 11 is 0. The normalized spacial score (nSPS) is 11.1. The van der Waals surface area contributed by atoms with Crippen LogP contribution in [0.15, 0.2) is 24.5 Å². The molecule has 0 aliphatic carbocycles. The third-order valence-electron chi connectivity index (χ3n) is 4.54. The molecule has 0 saturated carbocycles. The van der Waals surface area contributed by atoms with Crippen molar-refractivity contribution in [2.24, 2.45) is 0 Å². The van der Waals surface area contributed by atoms with Gasteiger partial charge in [-0.1, -0.05) is 6.92 Å². The molecule has 0 saturated heterocycles. The number of fused-ring (bicyclic) bond motifs is 1. The molecule has 2 aromatic heterocycles. The molecule has 3 aromatic rings. The number of carbonyl (C=O) groups excluding carboxylic acids is 1. The highest BCUT2D eigenvalue weighted by molar-refractivity contribution is 5.77. The number of benzene rings is 1. The van der Waals surface area contributed by atoms with Crippen LogP contribution >= 0.6 is 0 Å². The molecular weight excluding hydrogens is 328 g/mol. The van der Waals surface area contributed by atoms with Crippen LogP contribution in [0.5, 0.6) is 0 Å². The standard InChI is InChI=1S/C19H26N6O/c1-5-7-25-8-6-20-18(25)11-21-19(26)24(4)12-17-22-15-9-13(2)14(3)10-16(15)23-17/h6,8-10H,5,7,11-12H2,1-4H3,(H,21,26)(H,22,23). The van der Waals surface area contributed by atoms with Gasteiger partial charge < -0.3 is 19.8 Å². The smallest absolute Gasteiger partial charge is 0.317 e. The van der Waals surface area contributed by atoms with Crippen LogP contribution in [-0.4, -0.2) is 37.5 Å². The number of aromatic nitrogens is 4. The zero-order chi connectivity index (χ0) is 18.7. The average Bonchev–Trinajstić information content (AvgIpc) is 3.19. The second-order valence-corrected chi connectivity index (χ2v) is 6.69. The third kappa shape index (κ3) is 3.87. The fourth-order valence-electron chi connectivity index (χ4n) is 2.94. The van der Waals surface area contributed by atoms with E-state index < -0.39 is 0 Å². The van der Waals surface area contributed by atoms with Gasteiger partial charge in [-0.05, 0) is 43.5 Å². The second-order valence-electron chi connectivity index (χ2n) is 6.69. The van der Waals surface area contributed by atoms with Crippen molar-refractivity contribution in [3.8, 4) is 0 Å². The lowest BCUT2D eigenvalue weighted by Gasteiger charge is -2.16. The molecule has 0 spiro atoms. The van der Waals surface area contributed by atoms with Gasteiger partial charge in [0, 0.05) is 26.0 Å². The van der Waals surface area contributed by atoms with E-state index in [1.807, 2.05) is 6.20 Å².